The monoisotopic (exact) mass is 190 g/mol. The van der Waals surface area contributed by atoms with Crippen LogP contribution in [0, 0.1) is 12.7 Å². The Kier molecular flexibility index (Phi) is 2.17. The number of benzene rings is 1. The summed E-state index contributed by atoms with van der Waals surface area (Å²) in [7, 11) is 0. The van der Waals surface area contributed by atoms with Gasteiger partial charge in [-0.2, -0.15) is 0 Å². The summed E-state index contributed by atoms with van der Waals surface area (Å²) in [5.41, 5.74) is 7.17. The fourth-order valence-corrected chi connectivity index (χ4v) is 1.41. The zero-order valence-corrected chi connectivity index (χ0v) is 7.92. The molecule has 1 heterocycles. The SMILES string of the molecule is Cc1ccc2ccc(CN)nc2c1F. The number of hydrogen-bond donors (Lipinski definition) is 1. The number of halogens is 1. The maximum Gasteiger partial charge on any atom is 0.152 e. The molecule has 0 aliphatic heterocycles. The van der Waals surface area contributed by atoms with Crippen molar-refractivity contribution in [1.29, 1.82) is 0 Å². The lowest BCUT2D eigenvalue weighted by atomic mass is 10.1. The van der Waals surface area contributed by atoms with Crippen LogP contribution >= 0.6 is 0 Å². The van der Waals surface area contributed by atoms with E-state index in [1.807, 2.05) is 18.2 Å². The van der Waals surface area contributed by atoms with Crippen molar-refractivity contribution in [3.8, 4) is 0 Å². The minimum absolute atomic E-state index is 0.252. The highest BCUT2D eigenvalue weighted by Crippen LogP contribution is 2.18. The second-order valence-corrected chi connectivity index (χ2v) is 3.27. The average molecular weight is 190 g/mol. The van der Waals surface area contributed by atoms with Gasteiger partial charge >= 0.3 is 0 Å². The summed E-state index contributed by atoms with van der Waals surface area (Å²) in [6.07, 6.45) is 0. The summed E-state index contributed by atoms with van der Waals surface area (Å²) >= 11 is 0. The molecule has 0 aliphatic rings. The van der Waals surface area contributed by atoms with Gasteiger partial charge in [-0.15, -0.1) is 0 Å². The fourth-order valence-electron chi connectivity index (χ4n) is 1.41. The van der Waals surface area contributed by atoms with Crippen LogP contribution in [0.2, 0.25) is 0 Å². The normalized spacial score (nSPS) is 10.8. The molecule has 72 valence electrons. The van der Waals surface area contributed by atoms with E-state index in [0.29, 0.717) is 23.3 Å². The third-order valence-corrected chi connectivity index (χ3v) is 2.26. The second-order valence-electron chi connectivity index (χ2n) is 3.27. The molecule has 2 aromatic rings. The molecule has 0 amide bonds. The first-order valence-electron chi connectivity index (χ1n) is 4.47. The lowest BCUT2D eigenvalue weighted by Gasteiger charge is -2.03. The van der Waals surface area contributed by atoms with Crippen LogP contribution in [0.25, 0.3) is 10.9 Å². The maximum atomic E-state index is 13.6. The summed E-state index contributed by atoms with van der Waals surface area (Å²) in [4.78, 5) is 4.15. The second kappa shape index (κ2) is 3.35. The molecule has 1 aromatic carbocycles. The number of pyridine rings is 1. The first-order valence-corrected chi connectivity index (χ1v) is 4.47. The Labute approximate surface area is 81.6 Å². The van der Waals surface area contributed by atoms with Crippen LogP contribution in [-0.4, -0.2) is 4.98 Å². The molecule has 2 nitrogen and oxygen atoms in total. The number of hydrogen-bond acceptors (Lipinski definition) is 2. The molecule has 0 spiro atoms. The molecule has 14 heavy (non-hydrogen) atoms. The van der Waals surface area contributed by atoms with Gasteiger partial charge in [0.2, 0.25) is 0 Å². The highest BCUT2D eigenvalue weighted by atomic mass is 19.1. The molecular weight excluding hydrogens is 179 g/mol. The smallest absolute Gasteiger partial charge is 0.152 e. The topological polar surface area (TPSA) is 38.9 Å². The quantitative estimate of drug-likeness (QED) is 0.748. The standard InChI is InChI=1S/C11H11FN2/c1-7-2-3-8-4-5-9(6-13)14-11(8)10(7)12/h2-5H,6,13H2,1H3. The summed E-state index contributed by atoms with van der Waals surface area (Å²) in [6.45, 7) is 2.06. The van der Waals surface area contributed by atoms with Crippen molar-refractivity contribution in [3.05, 3.63) is 41.3 Å². The Balaban J connectivity index is 2.78. The minimum atomic E-state index is -0.252. The number of aromatic nitrogens is 1. The van der Waals surface area contributed by atoms with E-state index in [4.69, 9.17) is 5.73 Å². The molecule has 0 fully saturated rings. The lowest BCUT2D eigenvalue weighted by molar-refractivity contribution is 0.627. The minimum Gasteiger partial charge on any atom is -0.325 e. The lowest BCUT2D eigenvalue weighted by Crippen LogP contribution is -2.00. The number of nitrogens with zero attached hydrogens (tertiary/aromatic N) is 1. The maximum absolute atomic E-state index is 13.6. The van der Waals surface area contributed by atoms with Gasteiger partial charge < -0.3 is 5.73 Å². The number of fused-ring (bicyclic) bond motifs is 1. The molecule has 0 saturated carbocycles. The summed E-state index contributed by atoms with van der Waals surface area (Å²) < 4.78 is 13.6. The summed E-state index contributed by atoms with van der Waals surface area (Å²) in [5, 5.41) is 0.810. The third kappa shape index (κ3) is 1.36. The molecule has 1 aromatic heterocycles. The summed E-state index contributed by atoms with van der Waals surface area (Å²) in [5.74, 6) is -0.252. The van der Waals surface area contributed by atoms with Gasteiger partial charge in [0.15, 0.2) is 5.82 Å². The molecule has 0 unspecified atom stereocenters. The molecule has 2 N–H and O–H groups in total. The van der Waals surface area contributed by atoms with Crippen LogP contribution in [0.3, 0.4) is 0 Å². The first-order chi connectivity index (χ1) is 6.72. The summed E-state index contributed by atoms with van der Waals surface area (Å²) in [6, 6.07) is 7.27. The number of rotatable bonds is 1. The molecule has 0 radical (unpaired) electrons. The van der Waals surface area contributed by atoms with Crippen molar-refractivity contribution in [2.45, 2.75) is 13.5 Å². The number of nitrogens with two attached hydrogens (primary N) is 1. The molecular formula is C11H11FN2. The van der Waals surface area contributed by atoms with E-state index in [0.717, 1.165) is 5.39 Å². The van der Waals surface area contributed by atoms with Crippen molar-refractivity contribution < 1.29 is 4.39 Å². The Morgan fingerprint density at radius 2 is 2.00 bits per heavy atom. The Bertz CT molecular complexity index is 480. The van der Waals surface area contributed by atoms with Gasteiger partial charge in [-0.25, -0.2) is 9.37 Å². The predicted octanol–water partition coefficient (Wildman–Crippen LogP) is 2.14. The van der Waals surface area contributed by atoms with E-state index < -0.39 is 0 Å². The van der Waals surface area contributed by atoms with Crippen LogP contribution in [0.1, 0.15) is 11.3 Å². The largest absolute Gasteiger partial charge is 0.325 e. The fraction of sp³-hybridized carbons (Fsp3) is 0.182. The van der Waals surface area contributed by atoms with Gasteiger partial charge in [-0.05, 0) is 18.6 Å². The number of aryl methyl sites for hydroxylation is 1. The van der Waals surface area contributed by atoms with E-state index in [9.17, 15) is 4.39 Å². The van der Waals surface area contributed by atoms with E-state index in [2.05, 4.69) is 4.98 Å². The van der Waals surface area contributed by atoms with Crippen molar-refractivity contribution in [1.82, 2.24) is 4.98 Å². The molecule has 3 heteroatoms. The predicted molar refractivity (Wildman–Crippen MR) is 54.3 cm³/mol. The van der Waals surface area contributed by atoms with E-state index in [1.54, 1.807) is 13.0 Å². The Morgan fingerprint density at radius 3 is 2.71 bits per heavy atom. The Hall–Kier alpha value is -1.48. The van der Waals surface area contributed by atoms with Gasteiger partial charge in [-0.1, -0.05) is 18.2 Å². The van der Waals surface area contributed by atoms with Gasteiger partial charge in [0.25, 0.3) is 0 Å². The molecule has 0 bridgehead atoms. The first kappa shape index (κ1) is 9.09. The molecule has 0 atom stereocenters. The van der Waals surface area contributed by atoms with Gasteiger partial charge in [0, 0.05) is 11.9 Å². The highest BCUT2D eigenvalue weighted by Gasteiger charge is 2.05. The third-order valence-electron chi connectivity index (χ3n) is 2.26. The van der Waals surface area contributed by atoms with Crippen molar-refractivity contribution in [3.63, 3.8) is 0 Å². The Morgan fingerprint density at radius 1 is 1.29 bits per heavy atom. The van der Waals surface area contributed by atoms with Crippen LogP contribution < -0.4 is 5.73 Å². The van der Waals surface area contributed by atoms with Crippen molar-refractivity contribution in [2.75, 3.05) is 0 Å². The molecule has 0 aliphatic carbocycles. The average Bonchev–Trinajstić information content (AvgIpc) is 2.23. The zero-order chi connectivity index (χ0) is 10.1. The van der Waals surface area contributed by atoms with Crippen LogP contribution in [-0.2, 0) is 6.54 Å². The van der Waals surface area contributed by atoms with Crippen molar-refractivity contribution >= 4 is 10.9 Å². The van der Waals surface area contributed by atoms with Gasteiger partial charge in [0.1, 0.15) is 5.52 Å². The highest BCUT2D eigenvalue weighted by molar-refractivity contribution is 5.80. The van der Waals surface area contributed by atoms with Crippen LogP contribution in [0.5, 0.6) is 0 Å². The van der Waals surface area contributed by atoms with Gasteiger partial charge in [0.05, 0.1) is 5.69 Å². The van der Waals surface area contributed by atoms with Gasteiger partial charge in [-0.3, -0.25) is 0 Å². The van der Waals surface area contributed by atoms with E-state index in [-0.39, 0.29) is 5.82 Å². The van der Waals surface area contributed by atoms with E-state index >= 15 is 0 Å². The van der Waals surface area contributed by atoms with E-state index in [1.165, 1.54) is 0 Å². The molecule has 2 rings (SSSR count). The van der Waals surface area contributed by atoms with Crippen molar-refractivity contribution in [2.24, 2.45) is 5.73 Å². The zero-order valence-electron chi connectivity index (χ0n) is 7.92. The molecule has 0 saturated heterocycles. The van der Waals surface area contributed by atoms with Crippen LogP contribution in [0.4, 0.5) is 4.39 Å². The van der Waals surface area contributed by atoms with Crippen LogP contribution in [0.15, 0.2) is 24.3 Å².